The molecule has 0 aromatic heterocycles. The number of hydrogen-bond donors (Lipinski definition) is 1. The van der Waals surface area contributed by atoms with E-state index in [4.69, 9.17) is 11.7 Å². The molecule has 0 heterocycles. The van der Waals surface area contributed by atoms with Crippen LogP contribution in [-0.4, -0.2) is 21.8 Å². The van der Waals surface area contributed by atoms with Gasteiger partial charge >= 0.3 is 59.0 Å². The Morgan fingerprint density at radius 1 is 1.73 bits per heavy atom. The fraction of sp³-hybridized carbons (Fsp3) is 0.286. The first-order valence-corrected chi connectivity index (χ1v) is 3.41. The van der Waals surface area contributed by atoms with Crippen LogP contribution in [0.4, 0.5) is 0 Å². The summed E-state index contributed by atoms with van der Waals surface area (Å²) in [6.07, 6.45) is 3.67. The molecule has 4 heteroatoms. The van der Waals surface area contributed by atoms with Gasteiger partial charge < -0.3 is 7.43 Å². The van der Waals surface area contributed by atoms with Crippen LogP contribution in [0.2, 0.25) is 0 Å². The number of aliphatic hydroxyl groups is 1. The van der Waals surface area contributed by atoms with Gasteiger partial charge in [0.25, 0.3) is 0 Å². The van der Waals surface area contributed by atoms with Crippen molar-refractivity contribution in [2.75, 3.05) is 6.61 Å². The van der Waals surface area contributed by atoms with E-state index in [2.05, 4.69) is 11.2 Å². The summed E-state index contributed by atoms with van der Waals surface area (Å²) >= 11 is 1.16. The Morgan fingerprint density at radius 2 is 2.18 bits per heavy atom. The zero-order chi connectivity index (χ0) is 6.41. The molecule has 0 fully saturated rings. The molecule has 0 spiro atoms. The van der Waals surface area contributed by atoms with Crippen LogP contribution < -0.4 is 0 Å². The zero-order valence-electron chi connectivity index (χ0n) is 5.74. The third-order valence-corrected chi connectivity index (χ3v) is 1.20. The second-order valence-corrected chi connectivity index (χ2v) is 2.74. The third-order valence-electron chi connectivity index (χ3n) is 0.407. The molecule has 0 aromatic rings. The summed E-state index contributed by atoms with van der Waals surface area (Å²) in [7, 11) is 0. The normalized spacial score (nSPS) is 7.00. The second kappa shape index (κ2) is 17.2. The number of rotatable bonds is 3. The van der Waals surface area contributed by atoms with Gasteiger partial charge in [-0.2, -0.15) is 0 Å². The molecule has 1 N–H and O–H groups in total. The fourth-order valence-electron chi connectivity index (χ4n) is 0.145. The van der Waals surface area contributed by atoms with Gasteiger partial charge in [-0.1, -0.05) is 7.43 Å². The van der Waals surface area contributed by atoms with Crippen molar-refractivity contribution in [3.8, 4) is 0 Å². The minimum atomic E-state index is 0. The summed E-state index contributed by atoms with van der Waals surface area (Å²) in [6.45, 7) is 4.91. The third kappa shape index (κ3) is 18.2. The largest absolute Gasteiger partial charge is 0.358 e. The van der Waals surface area contributed by atoms with Gasteiger partial charge in [0.05, 0.1) is 0 Å². The predicted octanol–water partition coefficient (Wildman–Crippen LogP) is 0.676. The van der Waals surface area contributed by atoms with Crippen molar-refractivity contribution in [1.82, 2.24) is 0 Å². The molecule has 1 radical (unpaired) electrons. The standard InChI is InChI=1S/C5H5NO.CH4.CH3.W.Y/c1-2-6-4-3-5-7;;;;/h1-2,7H,5H2;1H4;1H3;;/q-2;;-1;;. The summed E-state index contributed by atoms with van der Waals surface area (Å²) in [5.41, 5.74) is 0. The molecule has 11 heavy (non-hydrogen) atoms. The SMILES string of the molecule is C.[CH-]=CN=[C-][C](=[W])CO.[CH3-].[Y]. The Morgan fingerprint density at radius 3 is 2.45 bits per heavy atom. The molecule has 0 amide bonds. The molecule has 0 rings (SSSR count). The van der Waals surface area contributed by atoms with E-state index in [1.54, 1.807) is 0 Å². The van der Waals surface area contributed by atoms with Crippen molar-refractivity contribution in [2.24, 2.45) is 4.99 Å². The van der Waals surface area contributed by atoms with Gasteiger partial charge in [0, 0.05) is 32.7 Å². The van der Waals surface area contributed by atoms with Crippen molar-refractivity contribution in [1.29, 1.82) is 0 Å². The Kier molecular flexibility index (Phi) is 35.5. The Hall–Kier alpha value is 1.03. The van der Waals surface area contributed by atoms with Crippen LogP contribution >= 0.6 is 0 Å². The summed E-state index contributed by atoms with van der Waals surface area (Å²) in [6, 6.07) is 0. The molecule has 63 valence electrons. The molecule has 0 aliphatic carbocycles. The van der Waals surface area contributed by atoms with Crippen LogP contribution in [0, 0.1) is 14.0 Å². The molecule has 0 bridgehead atoms. The van der Waals surface area contributed by atoms with Gasteiger partial charge in [-0.3, -0.25) is 0 Å². The van der Waals surface area contributed by atoms with E-state index in [1.807, 2.05) is 0 Å². The molecule has 0 aromatic carbocycles. The molecule has 0 aliphatic heterocycles. The molecule has 0 saturated heterocycles. The van der Waals surface area contributed by atoms with Gasteiger partial charge in [0.2, 0.25) is 0 Å². The average molecular weight is 399 g/mol. The van der Waals surface area contributed by atoms with E-state index in [-0.39, 0.29) is 54.2 Å². The van der Waals surface area contributed by atoms with E-state index in [9.17, 15) is 0 Å². The van der Waals surface area contributed by atoms with Gasteiger partial charge in [0.1, 0.15) is 0 Å². The molecular formula is C7H12NOWY-3. The van der Waals surface area contributed by atoms with Gasteiger partial charge in [-0.25, -0.2) is 0 Å². The molecular weight excluding hydrogens is 387 g/mol. The Balaban J connectivity index is -0.0000000817. The van der Waals surface area contributed by atoms with E-state index >= 15 is 0 Å². The van der Waals surface area contributed by atoms with Gasteiger partial charge in [0.15, 0.2) is 0 Å². The van der Waals surface area contributed by atoms with Crippen molar-refractivity contribution in [3.05, 3.63) is 20.2 Å². The first kappa shape index (κ1) is 22.7. The number of nitrogens with zero attached hydrogens (tertiary/aromatic N) is 1. The van der Waals surface area contributed by atoms with Crippen molar-refractivity contribution in [2.45, 2.75) is 7.43 Å². The van der Waals surface area contributed by atoms with Crippen LogP contribution in [0.5, 0.6) is 0 Å². The smallest absolute Gasteiger partial charge is 0 e. The summed E-state index contributed by atoms with van der Waals surface area (Å²) < 4.78 is 0.756. The summed E-state index contributed by atoms with van der Waals surface area (Å²) in [5.74, 6) is 0. The number of aliphatic hydroxyl groups excluding tert-OH is 1. The van der Waals surface area contributed by atoms with Crippen LogP contribution in [0.25, 0.3) is 0 Å². The maximum absolute atomic E-state index is 8.37. The number of hydrogen-bond acceptors (Lipinski definition) is 2. The molecule has 0 aliphatic rings. The minimum Gasteiger partial charge on any atom is -0.358 e. The summed E-state index contributed by atoms with van der Waals surface area (Å²) in [5, 5.41) is 8.37. The van der Waals surface area contributed by atoms with Crippen molar-refractivity contribution in [3.63, 3.8) is 0 Å². The summed E-state index contributed by atoms with van der Waals surface area (Å²) in [4.78, 5) is 3.47. The molecule has 2 nitrogen and oxygen atoms in total. The Bertz CT molecular complexity index is 126. The molecule has 0 saturated carbocycles. The first-order chi connectivity index (χ1) is 3.81. The monoisotopic (exact) mass is 399 g/mol. The van der Waals surface area contributed by atoms with E-state index in [0.717, 1.165) is 29.5 Å². The Labute approximate surface area is 105 Å². The van der Waals surface area contributed by atoms with Crippen molar-refractivity contribution < 1.29 is 57.2 Å². The van der Waals surface area contributed by atoms with E-state index in [0.29, 0.717) is 0 Å². The fourth-order valence-corrected chi connectivity index (χ4v) is 0.334. The first-order valence-electron chi connectivity index (χ1n) is 1.94. The van der Waals surface area contributed by atoms with E-state index in [1.165, 1.54) is 0 Å². The predicted molar refractivity (Wildman–Crippen MR) is 41.5 cm³/mol. The minimum absolute atomic E-state index is 0. The van der Waals surface area contributed by atoms with Gasteiger partial charge in [-0.05, 0) is 0 Å². The molecule has 0 unspecified atom stereocenters. The van der Waals surface area contributed by atoms with Crippen LogP contribution in [0.1, 0.15) is 7.43 Å². The maximum atomic E-state index is 8.37. The zero-order valence-corrected chi connectivity index (χ0v) is 11.5. The quantitative estimate of drug-likeness (QED) is 0.550. The second-order valence-electron chi connectivity index (χ2n) is 0.971. The number of aliphatic imine (C=N–C) groups is 1. The van der Waals surface area contributed by atoms with E-state index < -0.39 is 0 Å². The van der Waals surface area contributed by atoms with Gasteiger partial charge in [-0.15, -0.1) is 0 Å². The molecule has 0 atom stereocenters. The van der Waals surface area contributed by atoms with Crippen LogP contribution in [0.3, 0.4) is 0 Å². The maximum Gasteiger partial charge on any atom is 0 e. The van der Waals surface area contributed by atoms with Crippen LogP contribution in [0.15, 0.2) is 11.2 Å². The average Bonchev–Trinajstić information content (AvgIpc) is 1.83. The van der Waals surface area contributed by atoms with Crippen molar-refractivity contribution >= 4 is 10.1 Å². The topological polar surface area (TPSA) is 32.6 Å². The van der Waals surface area contributed by atoms with Crippen LogP contribution in [-0.2, 0) is 52.1 Å².